The number of amides is 3. The molecule has 0 bridgehead atoms. The zero-order chi connectivity index (χ0) is 31.2. The van der Waals surface area contributed by atoms with Crippen LogP contribution in [0.25, 0.3) is 0 Å². The first-order chi connectivity index (χ1) is 19.3. The lowest BCUT2D eigenvalue weighted by atomic mass is 9.94. The highest BCUT2D eigenvalue weighted by Crippen LogP contribution is 2.33. The Morgan fingerprint density at radius 3 is 2.32 bits per heavy atom. The molecule has 10 heteroatoms. The van der Waals surface area contributed by atoms with Gasteiger partial charge < -0.3 is 30.1 Å². The second kappa shape index (κ2) is 17.5. The van der Waals surface area contributed by atoms with E-state index < -0.39 is 41.6 Å². The summed E-state index contributed by atoms with van der Waals surface area (Å²) in [5, 5.41) is 16.5. The van der Waals surface area contributed by atoms with Crippen molar-refractivity contribution in [2.45, 2.75) is 112 Å². The van der Waals surface area contributed by atoms with Crippen LogP contribution in [0.15, 0.2) is 18.2 Å². The van der Waals surface area contributed by atoms with Crippen LogP contribution in [0.2, 0.25) is 0 Å². The molecule has 1 aromatic rings. The van der Waals surface area contributed by atoms with Crippen LogP contribution in [0.4, 0.5) is 4.79 Å². The van der Waals surface area contributed by atoms with Crippen molar-refractivity contribution in [1.82, 2.24) is 15.5 Å². The molecule has 0 aromatic heterocycles. The van der Waals surface area contributed by atoms with E-state index in [1.165, 1.54) is 4.90 Å². The van der Waals surface area contributed by atoms with Gasteiger partial charge >= 0.3 is 12.1 Å². The van der Waals surface area contributed by atoms with Crippen molar-refractivity contribution in [1.29, 1.82) is 0 Å². The number of nitrogens with zero attached hydrogens (tertiary/aromatic N) is 1. The van der Waals surface area contributed by atoms with Crippen molar-refractivity contribution >= 4 is 23.9 Å². The number of rotatable bonds is 16. The molecule has 1 aromatic carbocycles. The highest BCUT2D eigenvalue weighted by Gasteiger charge is 2.39. The van der Waals surface area contributed by atoms with Crippen molar-refractivity contribution in [2.75, 3.05) is 19.7 Å². The van der Waals surface area contributed by atoms with Crippen LogP contribution >= 0.6 is 0 Å². The van der Waals surface area contributed by atoms with Crippen LogP contribution in [0, 0.1) is 12.8 Å². The van der Waals surface area contributed by atoms with E-state index >= 15 is 0 Å². The third-order valence-electron chi connectivity index (χ3n) is 6.74. The van der Waals surface area contributed by atoms with E-state index in [4.69, 9.17) is 9.47 Å². The highest BCUT2D eigenvalue weighted by molar-refractivity contribution is 5.93. The third-order valence-corrected chi connectivity index (χ3v) is 6.74. The maximum atomic E-state index is 14.3. The van der Waals surface area contributed by atoms with Crippen molar-refractivity contribution in [3.63, 3.8) is 0 Å². The third kappa shape index (κ3) is 12.0. The number of phenolic OH excluding ortho intramolecular Hbond substituents is 1. The van der Waals surface area contributed by atoms with Crippen molar-refractivity contribution in [2.24, 2.45) is 5.92 Å². The summed E-state index contributed by atoms with van der Waals surface area (Å²) in [6.45, 7) is 15.0. The average Bonchev–Trinajstić information content (AvgIpc) is 2.89. The SMILES string of the molecule is CCCCCCN(C(=O)C(NC(=O)OC(C)(C)C)C(C)CC)C(C(=O)NCCC(=O)OCC)c1cccc(C)c1O. The number of ether oxygens (including phenoxy) is 2. The fourth-order valence-corrected chi connectivity index (χ4v) is 4.34. The van der Waals surface area contributed by atoms with Gasteiger partial charge in [0.1, 0.15) is 23.4 Å². The van der Waals surface area contributed by atoms with E-state index in [9.17, 15) is 24.3 Å². The molecule has 0 aliphatic carbocycles. The van der Waals surface area contributed by atoms with Gasteiger partial charge in [0.2, 0.25) is 11.8 Å². The van der Waals surface area contributed by atoms with Crippen LogP contribution in [-0.2, 0) is 23.9 Å². The van der Waals surface area contributed by atoms with Gasteiger partial charge in [-0.3, -0.25) is 14.4 Å². The lowest BCUT2D eigenvalue weighted by Crippen LogP contribution is -2.55. The van der Waals surface area contributed by atoms with Gasteiger partial charge in [0, 0.05) is 18.7 Å². The van der Waals surface area contributed by atoms with E-state index in [0.717, 1.165) is 19.3 Å². The van der Waals surface area contributed by atoms with E-state index in [1.807, 2.05) is 13.8 Å². The number of unbranched alkanes of at least 4 members (excludes halogenated alkanes) is 3. The van der Waals surface area contributed by atoms with Gasteiger partial charge in [0.15, 0.2) is 0 Å². The molecule has 3 amide bonds. The maximum absolute atomic E-state index is 14.3. The molecular weight excluding hydrogens is 526 g/mol. The number of carbonyl (C=O) groups is 4. The Hall–Kier alpha value is -3.30. The summed E-state index contributed by atoms with van der Waals surface area (Å²) in [4.78, 5) is 54.2. The number of hydrogen-bond acceptors (Lipinski definition) is 7. The molecule has 41 heavy (non-hydrogen) atoms. The van der Waals surface area contributed by atoms with Gasteiger partial charge in [0.25, 0.3) is 0 Å². The largest absolute Gasteiger partial charge is 0.507 e. The molecule has 0 radical (unpaired) electrons. The summed E-state index contributed by atoms with van der Waals surface area (Å²) in [7, 11) is 0. The molecule has 3 unspecified atom stereocenters. The standard InChI is InChI=1S/C31H51N3O7/c1-9-12-13-14-20-34(29(38)25(21(4)10-2)33-30(39)41-31(6,7)8)26(23-17-15-16-22(5)27(23)36)28(37)32-19-18-24(35)40-11-3/h15-17,21,25-26,36H,9-14,18-20H2,1-8H3,(H,32,37)(H,33,39). The summed E-state index contributed by atoms with van der Waals surface area (Å²) in [5.41, 5.74) is 0.0556. The van der Waals surface area contributed by atoms with Crippen LogP contribution in [0.5, 0.6) is 5.75 Å². The van der Waals surface area contributed by atoms with Crippen molar-refractivity contribution in [3.8, 4) is 5.75 Å². The lowest BCUT2D eigenvalue weighted by molar-refractivity contribution is -0.145. The molecule has 0 aliphatic heterocycles. The smallest absolute Gasteiger partial charge is 0.408 e. The van der Waals surface area contributed by atoms with Crippen LogP contribution in [0.1, 0.15) is 104 Å². The summed E-state index contributed by atoms with van der Waals surface area (Å²) in [6.07, 6.45) is 3.23. The molecular formula is C31H51N3O7. The molecule has 3 atom stereocenters. The minimum absolute atomic E-state index is 0.00353. The second-order valence-corrected chi connectivity index (χ2v) is 11.4. The quantitative estimate of drug-likeness (QED) is 0.182. The zero-order valence-corrected chi connectivity index (χ0v) is 26.2. The maximum Gasteiger partial charge on any atom is 0.408 e. The number of alkyl carbamates (subject to hydrolysis) is 1. The van der Waals surface area contributed by atoms with Crippen molar-refractivity contribution < 1.29 is 33.8 Å². The number of aryl methyl sites for hydroxylation is 1. The van der Waals surface area contributed by atoms with E-state index in [-0.39, 0.29) is 43.3 Å². The summed E-state index contributed by atoms with van der Waals surface area (Å²) in [5.74, 6) is -1.81. The van der Waals surface area contributed by atoms with Gasteiger partial charge in [-0.2, -0.15) is 0 Å². The Morgan fingerprint density at radius 2 is 1.73 bits per heavy atom. The number of hydrogen-bond donors (Lipinski definition) is 3. The Balaban J connectivity index is 3.55. The van der Waals surface area contributed by atoms with E-state index in [2.05, 4.69) is 17.6 Å². The summed E-state index contributed by atoms with van der Waals surface area (Å²) in [6, 6.07) is 2.88. The monoisotopic (exact) mass is 577 g/mol. The molecule has 3 N–H and O–H groups in total. The second-order valence-electron chi connectivity index (χ2n) is 11.4. The van der Waals surface area contributed by atoms with E-state index in [0.29, 0.717) is 18.4 Å². The number of aromatic hydroxyl groups is 1. The van der Waals surface area contributed by atoms with Crippen LogP contribution in [-0.4, -0.2) is 65.2 Å². The first-order valence-corrected chi connectivity index (χ1v) is 14.8. The topological polar surface area (TPSA) is 134 Å². The normalized spacial score (nSPS) is 13.5. The van der Waals surface area contributed by atoms with Gasteiger partial charge in [-0.25, -0.2) is 4.79 Å². The Labute approximate surface area is 245 Å². The Bertz CT molecular complexity index is 1010. The van der Waals surface area contributed by atoms with Gasteiger partial charge in [-0.1, -0.05) is 64.7 Å². The fraction of sp³-hybridized carbons (Fsp3) is 0.677. The minimum atomic E-state index is -1.20. The summed E-state index contributed by atoms with van der Waals surface area (Å²) < 4.78 is 10.4. The van der Waals surface area contributed by atoms with Crippen molar-refractivity contribution in [3.05, 3.63) is 29.3 Å². The number of phenols is 1. The minimum Gasteiger partial charge on any atom is -0.507 e. The van der Waals surface area contributed by atoms with Gasteiger partial charge in [0.05, 0.1) is 13.0 Å². The molecule has 1 rings (SSSR count). The zero-order valence-electron chi connectivity index (χ0n) is 26.2. The average molecular weight is 578 g/mol. The molecule has 0 aliphatic rings. The Kier molecular flexibility index (Phi) is 15.2. The summed E-state index contributed by atoms with van der Waals surface area (Å²) >= 11 is 0. The first kappa shape index (κ1) is 35.7. The van der Waals surface area contributed by atoms with Crippen LogP contribution < -0.4 is 10.6 Å². The molecule has 0 saturated carbocycles. The number of nitrogens with one attached hydrogen (secondary N) is 2. The van der Waals surface area contributed by atoms with Gasteiger partial charge in [-0.15, -0.1) is 0 Å². The van der Waals surface area contributed by atoms with Crippen LogP contribution in [0.3, 0.4) is 0 Å². The predicted octanol–water partition coefficient (Wildman–Crippen LogP) is 5.16. The molecule has 0 spiro atoms. The van der Waals surface area contributed by atoms with E-state index in [1.54, 1.807) is 52.8 Å². The van der Waals surface area contributed by atoms with Gasteiger partial charge in [-0.05, 0) is 52.5 Å². The number of para-hydroxylation sites is 1. The number of esters is 1. The fourth-order valence-electron chi connectivity index (χ4n) is 4.34. The highest BCUT2D eigenvalue weighted by atomic mass is 16.6. The Morgan fingerprint density at radius 1 is 1.05 bits per heavy atom. The number of benzene rings is 1. The first-order valence-electron chi connectivity index (χ1n) is 14.8. The molecule has 232 valence electrons. The predicted molar refractivity (Wildman–Crippen MR) is 158 cm³/mol. The lowest BCUT2D eigenvalue weighted by Gasteiger charge is -2.36. The molecule has 10 nitrogen and oxygen atoms in total. The molecule has 0 fully saturated rings. The molecule has 0 saturated heterocycles. The molecule has 0 heterocycles. The number of carbonyl (C=O) groups excluding carboxylic acids is 4.